The number of nitrogens with one attached hydrogen (secondary N) is 1. The molecule has 0 amide bonds. The average Bonchev–Trinajstić information content (AvgIpc) is 2.90. The van der Waals surface area contributed by atoms with Gasteiger partial charge in [0.2, 0.25) is 0 Å². The highest BCUT2D eigenvalue weighted by molar-refractivity contribution is 5.83. The molecule has 1 N–H and O–H groups in total. The first kappa shape index (κ1) is 17.3. The minimum Gasteiger partial charge on any atom is -0.497 e. The smallest absolute Gasteiger partial charge is 0.165 e. The van der Waals surface area contributed by atoms with Crippen LogP contribution in [0.1, 0.15) is 37.2 Å². The van der Waals surface area contributed by atoms with E-state index >= 15 is 0 Å². The van der Waals surface area contributed by atoms with E-state index in [1.165, 1.54) is 0 Å². The molecule has 0 saturated carbocycles. The second-order valence-electron chi connectivity index (χ2n) is 6.61. The van der Waals surface area contributed by atoms with E-state index in [1.807, 2.05) is 30.5 Å². The summed E-state index contributed by atoms with van der Waals surface area (Å²) in [6.45, 7) is 10.5. The van der Waals surface area contributed by atoms with Gasteiger partial charge in [0.25, 0.3) is 0 Å². The maximum Gasteiger partial charge on any atom is 0.165 e. The average molecular weight is 338 g/mol. The Balaban J connectivity index is 2.21. The Labute approximate surface area is 149 Å². The second kappa shape index (κ2) is 6.75. The van der Waals surface area contributed by atoms with Crippen molar-refractivity contribution >= 4 is 11.5 Å². The Kier molecular flexibility index (Phi) is 4.66. The number of hydrogen-bond donors (Lipinski definition) is 1. The molecule has 1 aromatic carbocycles. The highest BCUT2D eigenvalue weighted by Gasteiger charge is 2.18. The molecular weight excluding hydrogens is 312 g/mol. The van der Waals surface area contributed by atoms with Crippen molar-refractivity contribution in [1.82, 2.24) is 14.6 Å². The Hall–Kier alpha value is -2.56. The first-order chi connectivity index (χ1) is 11.9. The van der Waals surface area contributed by atoms with E-state index < -0.39 is 0 Å². The van der Waals surface area contributed by atoms with Crippen LogP contribution in [0.15, 0.2) is 24.3 Å². The zero-order chi connectivity index (χ0) is 18.1. The fourth-order valence-electron chi connectivity index (χ4n) is 3.06. The minimum atomic E-state index is 0.376. The molecule has 5 nitrogen and oxygen atoms in total. The summed E-state index contributed by atoms with van der Waals surface area (Å²) in [5.41, 5.74) is 6.20. The van der Waals surface area contributed by atoms with Gasteiger partial charge in [0.05, 0.1) is 12.8 Å². The molecule has 25 heavy (non-hydrogen) atoms. The Morgan fingerprint density at radius 3 is 2.60 bits per heavy atom. The largest absolute Gasteiger partial charge is 0.497 e. The monoisotopic (exact) mass is 338 g/mol. The van der Waals surface area contributed by atoms with Gasteiger partial charge in [-0.25, -0.2) is 4.98 Å². The lowest BCUT2D eigenvalue weighted by Crippen LogP contribution is -2.16. The summed E-state index contributed by atoms with van der Waals surface area (Å²) in [4.78, 5) is 4.78. The van der Waals surface area contributed by atoms with Gasteiger partial charge >= 0.3 is 0 Å². The van der Waals surface area contributed by atoms with Gasteiger partial charge in [0.15, 0.2) is 5.65 Å². The molecule has 1 atom stereocenters. The highest BCUT2D eigenvalue weighted by Crippen LogP contribution is 2.33. The number of aryl methyl sites for hydroxylation is 3. The van der Waals surface area contributed by atoms with E-state index in [-0.39, 0.29) is 0 Å². The van der Waals surface area contributed by atoms with Crippen LogP contribution in [-0.4, -0.2) is 27.7 Å². The van der Waals surface area contributed by atoms with Gasteiger partial charge < -0.3 is 10.1 Å². The zero-order valence-electron chi connectivity index (χ0n) is 15.8. The highest BCUT2D eigenvalue weighted by atomic mass is 16.5. The van der Waals surface area contributed by atoms with E-state index in [0.29, 0.717) is 6.04 Å². The van der Waals surface area contributed by atoms with Crippen LogP contribution in [0.25, 0.3) is 16.8 Å². The number of hydrogen-bond acceptors (Lipinski definition) is 4. The summed E-state index contributed by atoms with van der Waals surface area (Å²) in [6.07, 6.45) is 1.05. The van der Waals surface area contributed by atoms with Gasteiger partial charge in [-0.1, -0.05) is 13.0 Å². The van der Waals surface area contributed by atoms with Crippen molar-refractivity contribution in [3.05, 3.63) is 41.2 Å². The summed E-state index contributed by atoms with van der Waals surface area (Å²) >= 11 is 0. The molecule has 0 fully saturated rings. The Morgan fingerprint density at radius 1 is 1.20 bits per heavy atom. The molecule has 2 heterocycles. The number of nitrogens with zero attached hydrogens (tertiary/aromatic N) is 3. The topological polar surface area (TPSA) is 51.5 Å². The summed E-state index contributed by atoms with van der Waals surface area (Å²) < 4.78 is 7.26. The first-order valence-electron chi connectivity index (χ1n) is 8.73. The number of aromatic nitrogens is 3. The number of fused-ring (bicyclic) bond motifs is 1. The van der Waals surface area contributed by atoms with Crippen LogP contribution < -0.4 is 10.1 Å². The van der Waals surface area contributed by atoms with Crippen molar-refractivity contribution in [3.8, 4) is 16.9 Å². The normalized spacial score (nSPS) is 12.4. The van der Waals surface area contributed by atoms with E-state index in [4.69, 9.17) is 14.8 Å². The van der Waals surface area contributed by atoms with Crippen molar-refractivity contribution < 1.29 is 4.74 Å². The van der Waals surface area contributed by atoms with Crippen LogP contribution in [0.4, 0.5) is 5.82 Å². The molecule has 0 aliphatic heterocycles. The molecule has 3 rings (SSSR count). The quantitative estimate of drug-likeness (QED) is 0.742. The molecule has 0 aliphatic carbocycles. The zero-order valence-corrected chi connectivity index (χ0v) is 15.8. The van der Waals surface area contributed by atoms with Crippen LogP contribution in [0.3, 0.4) is 0 Å². The number of methoxy groups -OCH3 is 1. The van der Waals surface area contributed by atoms with Crippen molar-refractivity contribution in [1.29, 1.82) is 0 Å². The first-order valence-corrected chi connectivity index (χ1v) is 8.73. The van der Waals surface area contributed by atoms with Crippen molar-refractivity contribution in [2.75, 3.05) is 12.4 Å². The van der Waals surface area contributed by atoms with Gasteiger partial charge in [0, 0.05) is 23.4 Å². The molecular formula is C20H26N4O. The van der Waals surface area contributed by atoms with Crippen LogP contribution in [0.2, 0.25) is 0 Å². The maximum absolute atomic E-state index is 5.33. The van der Waals surface area contributed by atoms with Gasteiger partial charge in [0.1, 0.15) is 11.6 Å². The van der Waals surface area contributed by atoms with Gasteiger partial charge in [-0.2, -0.15) is 9.61 Å². The number of rotatable bonds is 5. The van der Waals surface area contributed by atoms with Crippen LogP contribution in [0, 0.1) is 20.8 Å². The molecule has 5 heteroatoms. The number of benzene rings is 1. The van der Waals surface area contributed by atoms with Crippen molar-refractivity contribution in [2.45, 2.75) is 47.1 Å². The standard InChI is InChI=1S/C20H26N4O/c1-7-13(3)21-18-11-14(4)22-20-19(15(5)23-24(18)20)17-9-8-16(25-6)10-12(17)2/h8-11,13,21H,7H2,1-6H3/t13-/m1/s1. The lowest BCUT2D eigenvalue weighted by Gasteiger charge is -2.15. The van der Waals surface area contributed by atoms with Crippen molar-refractivity contribution in [2.24, 2.45) is 0 Å². The molecule has 0 saturated heterocycles. The predicted molar refractivity (Wildman–Crippen MR) is 103 cm³/mol. The SMILES string of the molecule is CC[C@@H](C)Nc1cc(C)nc2c(-c3ccc(OC)cc3C)c(C)nn12. The Bertz CT molecular complexity index is 914. The third kappa shape index (κ3) is 3.18. The molecule has 0 unspecified atom stereocenters. The Morgan fingerprint density at radius 2 is 1.96 bits per heavy atom. The molecule has 0 bridgehead atoms. The van der Waals surface area contributed by atoms with Crippen LogP contribution in [0.5, 0.6) is 5.75 Å². The third-order valence-corrected chi connectivity index (χ3v) is 4.60. The van der Waals surface area contributed by atoms with Gasteiger partial charge in [-0.15, -0.1) is 0 Å². The lowest BCUT2D eigenvalue weighted by atomic mass is 10.0. The fraction of sp³-hybridized carbons (Fsp3) is 0.400. The van der Waals surface area contributed by atoms with E-state index in [2.05, 4.69) is 38.2 Å². The molecule has 132 valence electrons. The molecule has 0 radical (unpaired) electrons. The lowest BCUT2D eigenvalue weighted by molar-refractivity contribution is 0.414. The van der Waals surface area contributed by atoms with Gasteiger partial charge in [-0.05, 0) is 57.4 Å². The molecule has 2 aromatic heterocycles. The number of ether oxygens (including phenoxy) is 1. The van der Waals surface area contributed by atoms with E-state index in [9.17, 15) is 0 Å². The fourth-order valence-corrected chi connectivity index (χ4v) is 3.06. The van der Waals surface area contributed by atoms with Crippen LogP contribution in [-0.2, 0) is 0 Å². The van der Waals surface area contributed by atoms with E-state index in [1.54, 1.807) is 7.11 Å². The molecule has 0 spiro atoms. The summed E-state index contributed by atoms with van der Waals surface area (Å²) in [5.74, 6) is 1.84. The maximum atomic E-state index is 5.33. The summed E-state index contributed by atoms with van der Waals surface area (Å²) in [6, 6.07) is 8.55. The molecule has 0 aliphatic rings. The molecule has 3 aromatic rings. The third-order valence-electron chi connectivity index (χ3n) is 4.60. The summed E-state index contributed by atoms with van der Waals surface area (Å²) in [5, 5.41) is 8.30. The predicted octanol–water partition coefficient (Wildman–Crippen LogP) is 4.54. The van der Waals surface area contributed by atoms with Crippen LogP contribution >= 0.6 is 0 Å². The minimum absolute atomic E-state index is 0.376. The number of anilines is 1. The van der Waals surface area contributed by atoms with E-state index in [0.717, 1.165) is 51.7 Å². The second-order valence-corrected chi connectivity index (χ2v) is 6.61. The summed E-state index contributed by atoms with van der Waals surface area (Å²) in [7, 11) is 1.69. The van der Waals surface area contributed by atoms with Gasteiger partial charge in [-0.3, -0.25) is 0 Å². The van der Waals surface area contributed by atoms with Crippen molar-refractivity contribution in [3.63, 3.8) is 0 Å².